The predicted molar refractivity (Wildman–Crippen MR) is 119 cm³/mol. The van der Waals surface area contributed by atoms with Crippen LogP contribution in [0.15, 0.2) is 48.0 Å². The number of carbonyl (C=O) groups is 2. The number of amides is 1. The van der Waals surface area contributed by atoms with Gasteiger partial charge in [0, 0.05) is 31.3 Å². The molecule has 32 heavy (non-hydrogen) atoms. The van der Waals surface area contributed by atoms with Crippen molar-refractivity contribution in [3.8, 4) is 5.75 Å². The Labute approximate surface area is 186 Å². The number of ketones is 1. The molecule has 0 aromatic heterocycles. The topological polar surface area (TPSA) is 73.3 Å². The second-order valence-electron chi connectivity index (χ2n) is 8.27. The number of halogens is 1. The lowest BCUT2D eigenvalue weighted by molar-refractivity contribution is -0.140. The molecule has 2 aromatic rings. The van der Waals surface area contributed by atoms with Gasteiger partial charge in [0.15, 0.2) is 0 Å². The number of likely N-dealkylation sites (tertiary alicyclic amines) is 1. The summed E-state index contributed by atoms with van der Waals surface area (Å²) in [7, 11) is 5.60. The van der Waals surface area contributed by atoms with Gasteiger partial charge in [-0.2, -0.15) is 0 Å². The van der Waals surface area contributed by atoms with E-state index in [0.717, 1.165) is 5.69 Å². The van der Waals surface area contributed by atoms with E-state index < -0.39 is 23.5 Å². The van der Waals surface area contributed by atoms with Gasteiger partial charge in [-0.05, 0) is 38.4 Å². The van der Waals surface area contributed by atoms with Gasteiger partial charge in [0.1, 0.15) is 23.9 Å². The van der Waals surface area contributed by atoms with Gasteiger partial charge in [-0.15, -0.1) is 0 Å². The molecular weight excluding hydrogens is 413 g/mol. The van der Waals surface area contributed by atoms with Crippen molar-refractivity contribution in [3.63, 3.8) is 0 Å². The summed E-state index contributed by atoms with van der Waals surface area (Å²) in [6.45, 7) is 1.94. The van der Waals surface area contributed by atoms with E-state index in [1.165, 1.54) is 17.0 Å². The van der Waals surface area contributed by atoms with E-state index in [2.05, 4.69) is 0 Å². The Kier molecular flexibility index (Phi) is 5.88. The molecule has 0 saturated carbocycles. The van der Waals surface area contributed by atoms with E-state index in [-0.39, 0.29) is 23.4 Å². The van der Waals surface area contributed by atoms with E-state index in [9.17, 15) is 19.1 Å². The molecule has 2 heterocycles. The number of fused-ring (bicyclic) bond motifs is 1. The number of ether oxygens (including phenoxy) is 1. The Morgan fingerprint density at radius 3 is 2.69 bits per heavy atom. The lowest BCUT2D eigenvalue weighted by Gasteiger charge is -2.28. The van der Waals surface area contributed by atoms with Crippen molar-refractivity contribution in [2.24, 2.45) is 0 Å². The first-order chi connectivity index (χ1) is 15.3. The number of anilines is 1. The summed E-state index contributed by atoms with van der Waals surface area (Å²) >= 11 is 0. The quantitative estimate of drug-likeness (QED) is 0.439. The molecule has 0 spiro atoms. The fourth-order valence-electron chi connectivity index (χ4n) is 4.09. The second-order valence-corrected chi connectivity index (χ2v) is 8.27. The van der Waals surface area contributed by atoms with Crippen LogP contribution in [0.25, 0.3) is 5.76 Å². The number of Topliss-reactive ketones (excluding diaryl/α,β-unsaturated/α-hetero) is 1. The smallest absolute Gasteiger partial charge is 0.295 e. The van der Waals surface area contributed by atoms with Crippen LogP contribution >= 0.6 is 0 Å². The first-order valence-electron chi connectivity index (χ1n) is 10.5. The summed E-state index contributed by atoms with van der Waals surface area (Å²) in [4.78, 5) is 31.1. The van der Waals surface area contributed by atoms with Gasteiger partial charge >= 0.3 is 0 Å². The molecule has 8 heteroatoms. The van der Waals surface area contributed by atoms with E-state index in [0.29, 0.717) is 31.0 Å². The number of likely N-dealkylation sites (N-methyl/N-ethyl adjacent to an activating group) is 2. The van der Waals surface area contributed by atoms with E-state index in [1.807, 2.05) is 30.9 Å². The molecule has 1 saturated heterocycles. The van der Waals surface area contributed by atoms with Gasteiger partial charge in [-0.25, -0.2) is 4.39 Å². The van der Waals surface area contributed by atoms with Crippen LogP contribution in [0.3, 0.4) is 0 Å². The lowest BCUT2D eigenvalue weighted by atomic mass is 9.94. The van der Waals surface area contributed by atoms with Gasteiger partial charge in [-0.3, -0.25) is 9.59 Å². The minimum absolute atomic E-state index is 0.113. The van der Waals surface area contributed by atoms with E-state index >= 15 is 0 Å². The Morgan fingerprint density at radius 2 is 1.97 bits per heavy atom. The first-order valence-corrected chi connectivity index (χ1v) is 10.5. The average molecular weight is 439 g/mol. The summed E-state index contributed by atoms with van der Waals surface area (Å²) in [6, 6.07) is 10.1. The van der Waals surface area contributed by atoms with Crippen LogP contribution in [-0.2, 0) is 9.59 Å². The van der Waals surface area contributed by atoms with Crippen LogP contribution in [0, 0.1) is 5.82 Å². The number of benzene rings is 2. The standard InChI is InChI=1S/C24H26FN3O4/c1-26(2)10-11-28-21(16-6-4-5-7-17(16)25)20(23(30)24(28)31)22(29)15-8-9-19-18(14-15)27(3)12-13-32-19/h4-9,14,21,29H,10-13H2,1-3H3/b22-20+. The molecular formula is C24H26FN3O4. The molecule has 1 atom stereocenters. The fraction of sp³-hybridized carbons (Fsp3) is 0.333. The minimum Gasteiger partial charge on any atom is -0.507 e. The van der Waals surface area contributed by atoms with E-state index in [1.54, 1.807) is 30.3 Å². The molecule has 168 valence electrons. The lowest BCUT2D eigenvalue weighted by Crippen LogP contribution is -2.35. The number of rotatable bonds is 5. The van der Waals surface area contributed by atoms with Crippen molar-refractivity contribution in [2.45, 2.75) is 6.04 Å². The van der Waals surface area contributed by atoms with E-state index in [4.69, 9.17) is 4.74 Å². The number of hydrogen-bond donors (Lipinski definition) is 1. The maximum absolute atomic E-state index is 14.8. The average Bonchev–Trinajstić information content (AvgIpc) is 3.02. The molecule has 0 aliphatic carbocycles. The number of carbonyl (C=O) groups excluding carboxylic acids is 2. The predicted octanol–water partition coefficient (Wildman–Crippen LogP) is 2.64. The normalized spacial score (nSPS) is 20.0. The van der Waals surface area contributed by atoms with Gasteiger partial charge < -0.3 is 24.5 Å². The van der Waals surface area contributed by atoms with Crippen LogP contribution in [-0.4, -0.2) is 74.0 Å². The summed E-state index contributed by atoms with van der Waals surface area (Å²) in [5, 5.41) is 11.2. The zero-order valence-corrected chi connectivity index (χ0v) is 18.3. The van der Waals surface area contributed by atoms with Crippen molar-refractivity contribution >= 4 is 23.1 Å². The van der Waals surface area contributed by atoms with Crippen molar-refractivity contribution in [2.75, 3.05) is 52.3 Å². The number of aliphatic hydroxyl groups excluding tert-OH is 1. The van der Waals surface area contributed by atoms with Crippen LogP contribution < -0.4 is 9.64 Å². The summed E-state index contributed by atoms with van der Waals surface area (Å²) in [6.07, 6.45) is 0. The largest absolute Gasteiger partial charge is 0.507 e. The Balaban J connectivity index is 1.85. The SMILES string of the molecule is CN(C)CCN1C(=O)C(=O)/C(=C(/O)c2ccc3c(c2)N(C)CCO3)C1c1ccccc1F. The van der Waals surface area contributed by atoms with Crippen LogP contribution in [0.4, 0.5) is 10.1 Å². The molecule has 0 bridgehead atoms. The molecule has 1 N–H and O–H groups in total. The summed E-state index contributed by atoms with van der Waals surface area (Å²) in [5.41, 5.74) is 1.20. The Bertz CT molecular complexity index is 1100. The van der Waals surface area contributed by atoms with Crippen molar-refractivity contribution in [1.29, 1.82) is 0 Å². The molecule has 7 nitrogen and oxygen atoms in total. The summed E-state index contributed by atoms with van der Waals surface area (Å²) < 4.78 is 20.4. The monoisotopic (exact) mass is 439 g/mol. The minimum atomic E-state index is -1.01. The number of nitrogens with zero attached hydrogens (tertiary/aromatic N) is 3. The maximum Gasteiger partial charge on any atom is 0.295 e. The molecule has 1 amide bonds. The molecule has 0 radical (unpaired) electrons. The molecule has 1 unspecified atom stereocenters. The molecule has 2 aromatic carbocycles. The highest BCUT2D eigenvalue weighted by Gasteiger charge is 2.46. The molecule has 2 aliphatic rings. The van der Waals surface area contributed by atoms with Crippen LogP contribution in [0.2, 0.25) is 0 Å². The third kappa shape index (κ3) is 3.82. The Morgan fingerprint density at radius 1 is 1.22 bits per heavy atom. The van der Waals surface area contributed by atoms with Crippen molar-refractivity contribution in [1.82, 2.24) is 9.80 Å². The van der Waals surface area contributed by atoms with Gasteiger partial charge in [0.2, 0.25) is 0 Å². The number of hydrogen-bond acceptors (Lipinski definition) is 6. The molecule has 4 rings (SSSR count). The molecule has 2 aliphatic heterocycles. The number of aliphatic hydroxyl groups is 1. The second kappa shape index (κ2) is 8.63. The highest BCUT2D eigenvalue weighted by atomic mass is 19.1. The zero-order chi connectivity index (χ0) is 23.0. The molecule has 1 fully saturated rings. The summed E-state index contributed by atoms with van der Waals surface area (Å²) in [5.74, 6) is -1.77. The third-order valence-electron chi connectivity index (χ3n) is 5.86. The van der Waals surface area contributed by atoms with Gasteiger partial charge in [-0.1, -0.05) is 18.2 Å². The Hall–Kier alpha value is -3.39. The van der Waals surface area contributed by atoms with Crippen molar-refractivity contribution in [3.05, 3.63) is 65.0 Å². The van der Waals surface area contributed by atoms with Crippen LogP contribution in [0.1, 0.15) is 17.2 Å². The highest BCUT2D eigenvalue weighted by molar-refractivity contribution is 6.46. The maximum atomic E-state index is 14.8. The third-order valence-corrected chi connectivity index (χ3v) is 5.86. The van der Waals surface area contributed by atoms with Gasteiger partial charge in [0.05, 0.1) is 23.8 Å². The zero-order valence-electron chi connectivity index (χ0n) is 18.3. The van der Waals surface area contributed by atoms with Crippen LogP contribution in [0.5, 0.6) is 5.75 Å². The van der Waals surface area contributed by atoms with Gasteiger partial charge in [0.25, 0.3) is 11.7 Å². The first kappa shape index (κ1) is 21.8. The highest BCUT2D eigenvalue weighted by Crippen LogP contribution is 2.41. The fourth-order valence-corrected chi connectivity index (χ4v) is 4.09. The van der Waals surface area contributed by atoms with Crippen molar-refractivity contribution < 1.29 is 23.8 Å².